The number of hydrogen-bond donors (Lipinski definition) is 0. The average molecular weight is 202 g/mol. The highest BCUT2D eigenvalue weighted by Gasteiger charge is 2.44. The minimum absolute atomic E-state index is 0.341. The van der Waals surface area contributed by atoms with Crippen LogP contribution in [0.25, 0.3) is 0 Å². The Balaban J connectivity index is 0.000000531. The summed E-state index contributed by atoms with van der Waals surface area (Å²) < 4.78 is 0. The first kappa shape index (κ1) is 12.0. The van der Waals surface area contributed by atoms with Crippen molar-refractivity contribution >= 4 is 0 Å². The van der Waals surface area contributed by atoms with Crippen LogP contribution < -0.4 is 0 Å². The van der Waals surface area contributed by atoms with E-state index < -0.39 is 0 Å². The van der Waals surface area contributed by atoms with Gasteiger partial charge in [-0.15, -0.1) is 0 Å². The lowest BCUT2D eigenvalue weighted by Gasteiger charge is -2.15. The third-order valence-electron chi connectivity index (χ3n) is 3.17. The van der Waals surface area contributed by atoms with Gasteiger partial charge in [-0.05, 0) is 32.3 Å². The molecule has 1 aromatic carbocycles. The summed E-state index contributed by atoms with van der Waals surface area (Å²) in [4.78, 5) is 0. The van der Waals surface area contributed by atoms with Crippen molar-refractivity contribution in [2.75, 3.05) is 0 Å². The number of benzene rings is 1. The van der Waals surface area contributed by atoms with E-state index in [1.165, 1.54) is 29.5 Å². The molecular weight excluding hydrogens is 180 g/mol. The molecule has 0 heterocycles. The van der Waals surface area contributed by atoms with E-state index in [0.717, 1.165) is 0 Å². The maximum atomic E-state index is 4.09. The van der Waals surface area contributed by atoms with Crippen LogP contribution in [0.1, 0.15) is 44.7 Å². The first-order valence-electron chi connectivity index (χ1n) is 5.88. The number of aryl methyl sites for hydroxylation is 1. The van der Waals surface area contributed by atoms with Crippen LogP contribution in [0.3, 0.4) is 0 Å². The van der Waals surface area contributed by atoms with E-state index in [2.05, 4.69) is 44.7 Å². The van der Waals surface area contributed by atoms with Crippen molar-refractivity contribution in [1.29, 1.82) is 0 Å². The molecule has 1 aromatic rings. The van der Waals surface area contributed by atoms with E-state index in [4.69, 9.17) is 0 Å². The van der Waals surface area contributed by atoms with Crippen molar-refractivity contribution in [2.45, 2.75) is 46.0 Å². The lowest BCUT2D eigenvalue weighted by molar-refractivity contribution is 0.824. The van der Waals surface area contributed by atoms with Crippen molar-refractivity contribution in [2.24, 2.45) is 0 Å². The van der Waals surface area contributed by atoms with E-state index in [0.29, 0.717) is 5.41 Å². The Morgan fingerprint density at radius 2 is 1.60 bits per heavy atom. The van der Waals surface area contributed by atoms with E-state index in [1.54, 1.807) is 0 Å². The summed E-state index contributed by atoms with van der Waals surface area (Å²) in [5, 5.41) is 0. The fourth-order valence-corrected chi connectivity index (χ4v) is 1.96. The molecule has 2 rings (SSSR count). The molecule has 0 unspecified atom stereocenters. The topological polar surface area (TPSA) is 0 Å². The fourth-order valence-electron chi connectivity index (χ4n) is 1.96. The smallest absolute Gasteiger partial charge is 0.0157 e. The third kappa shape index (κ3) is 2.31. The summed E-state index contributed by atoms with van der Waals surface area (Å²) in [5.41, 5.74) is 4.44. The highest BCUT2D eigenvalue weighted by atomic mass is 14.5. The second-order valence-corrected chi connectivity index (χ2v) is 4.23. The third-order valence-corrected chi connectivity index (χ3v) is 3.17. The number of allylic oxidation sites excluding steroid dienone is 1. The fraction of sp³-hybridized carbons (Fsp3) is 0.467. The van der Waals surface area contributed by atoms with E-state index in [9.17, 15) is 0 Å². The van der Waals surface area contributed by atoms with Crippen LogP contribution in [0, 0.1) is 6.92 Å². The zero-order chi connectivity index (χ0) is 11.5. The zero-order valence-corrected chi connectivity index (χ0v) is 10.4. The molecule has 1 aliphatic carbocycles. The Morgan fingerprint density at radius 1 is 1.13 bits per heavy atom. The Kier molecular flexibility index (Phi) is 3.73. The lowest BCUT2D eigenvalue weighted by Crippen LogP contribution is -2.06. The normalized spacial score (nSPS) is 16.3. The van der Waals surface area contributed by atoms with Crippen LogP contribution >= 0.6 is 0 Å². The molecule has 0 saturated heterocycles. The van der Waals surface area contributed by atoms with Gasteiger partial charge in [-0.1, -0.05) is 55.8 Å². The summed E-state index contributed by atoms with van der Waals surface area (Å²) in [5.74, 6) is 0. The molecule has 0 bridgehead atoms. The van der Waals surface area contributed by atoms with Gasteiger partial charge < -0.3 is 0 Å². The highest BCUT2D eigenvalue weighted by Crippen LogP contribution is 2.52. The van der Waals surface area contributed by atoms with Crippen molar-refractivity contribution < 1.29 is 0 Å². The maximum absolute atomic E-state index is 4.09. The molecule has 0 spiro atoms. The van der Waals surface area contributed by atoms with Gasteiger partial charge in [0.05, 0.1) is 0 Å². The second kappa shape index (κ2) is 4.65. The summed E-state index contributed by atoms with van der Waals surface area (Å²) in [6.07, 6.45) is 2.57. The lowest BCUT2D eigenvalue weighted by atomic mass is 9.89. The van der Waals surface area contributed by atoms with Gasteiger partial charge >= 0.3 is 0 Å². The quantitative estimate of drug-likeness (QED) is 0.613. The van der Waals surface area contributed by atoms with Gasteiger partial charge in [0.2, 0.25) is 0 Å². The molecule has 0 nitrogen and oxygen atoms in total. The molecule has 1 fully saturated rings. The van der Waals surface area contributed by atoms with E-state index >= 15 is 0 Å². The summed E-state index contributed by atoms with van der Waals surface area (Å²) >= 11 is 0. The van der Waals surface area contributed by atoms with Crippen LogP contribution in [-0.4, -0.2) is 0 Å². The Labute approximate surface area is 94.0 Å². The molecule has 0 N–H and O–H groups in total. The summed E-state index contributed by atoms with van der Waals surface area (Å²) in [6.45, 7) is 12.4. The predicted octanol–water partition coefficient (Wildman–Crippen LogP) is 4.63. The van der Waals surface area contributed by atoms with Gasteiger partial charge in [0, 0.05) is 5.41 Å². The molecule has 0 heteroatoms. The van der Waals surface area contributed by atoms with Crippen LogP contribution in [0.4, 0.5) is 0 Å². The Bertz CT molecular complexity index is 326. The SMILES string of the molecule is C=C(C)C1(c2ccc(C)cc2)CC1.CC. The predicted molar refractivity (Wildman–Crippen MR) is 68.3 cm³/mol. The van der Waals surface area contributed by atoms with Gasteiger partial charge in [-0.2, -0.15) is 0 Å². The maximum Gasteiger partial charge on any atom is 0.0157 e. The van der Waals surface area contributed by atoms with Crippen LogP contribution in [0.2, 0.25) is 0 Å². The number of hydrogen-bond acceptors (Lipinski definition) is 0. The average Bonchev–Trinajstić information content (AvgIpc) is 3.03. The molecule has 0 atom stereocenters. The summed E-state index contributed by atoms with van der Waals surface area (Å²) in [7, 11) is 0. The van der Waals surface area contributed by atoms with E-state index in [1.807, 2.05) is 13.8 Å². The monoisotopic (exact) mass is 202 g/mol. The molecular formula is C15H22. The van der Waals surface area contributed by atoms with Gasteiger partial charge in [0.15, 0.2) is 0 Å². The van der Waals surface area contributed by atoms with Crippen molar-refractivity contribution in [3.63, 3.8) is 0 Å². The first-order chi connectivity index (χ1) is 7.15. The minimum atomic E-state index is 0.341. The Morgan fingerprint density at radius 3 is 1.93 bits per heavy atom. The highest BCUT2D eigenvalue weighted by molar-refractivity contribution is 5.41. The molecule has 0 radical (unpaired) electrons. The minimum Gasteiger partial charge on any atom is -0.0992 e. The van der Waals surface area contributed by atoms with Gasteiger partial charge in [0.25, 0.3) is 0 Å². The molecule has 0 aliphatic heterocycles. The van der Waals surface area contributed by atoms with Gasteiger partial charge in [-0.25, -0.2) is 0 Å². The molecule has 0 amide bonds. The van der Waals surface area contributed by atoms with Crippen LogP contribution in [-0.2, 0) is 5.41 Å². The first-order valence-corrected chi connectivity index (χ1v) is 5.88. The van der Waals surface area contributed by atoms with Crippen molar-refractivity contribution in [3.8, 4) is 0 Å². The molecule has 82 valence electrons. The molecule has 1 saturated carbocycles. The van der Waals surface area contributed by atoms with Gasteiger partial charge in [-0.3, -0.25) is 0 Å². The largest absolute Gasteiger partial charge is 0.0992 e. The molecule has 15 heavy (non-hydrogen) atoms. The van der Waals surface area contributed by atoms with Crippen LogP contribution in [0.5, 0.6) is 0 Å². The number of rotatable bonds is 2. The van der Waals surface area contributed by atoms with Gasteiger partial charge in [0.1, 0.15) is 0 Å². The van der Waals surface area contributed by atoms with Crippen molar-refractivity contribution in [1.82, 2.24) is 0 Å². The molecule has 1 aliphatic rings. The van der Waals surface area contributed by atoms with E-state index in [-0.39, 0.29) is 0 Å². The Hall–Kier alpha value is -1.04. The standard InChI is InChI=1S/C13H16.C2H6/c1-10(2)13(8-9-13)12-6-4-11(3)5-7-12;1-2/h4-7H,1,8-9H2,2-3H3;1-2H3. The summed E-state index contributed by atoms with van der Waals surface area (Å²) in [6, 6.07) is 8.88. The van der Waals surface area contributed by atoms with Crippen LogP contribution in [0.15, 0.2) is 36.4 Å². The molecule has 0 aromatic heterocycles. The zero-order valence-electron chi connectivity index (χ0n) is 10.4. The second-order valence-electron chi connectivity index (χ2n) is 4.23. The van der Waals surface area contributed by atoms with Crippen molar-refractivity contribution in [3.05, 3.63) is 47.5 Å².